The smallest absolute Gasteiger partial charge is 0.328 e. The van der Waals surface area contributed by atoms with Crippen LogP contribution in [0, 0.1) is 13.8 Å². The number of carbonyl (C=O) groups is 1. The Morgan fingerprint density at radius 2 is 1.67 bits per heavy atom. The van der Waals surface area contributed by atoms with E-state index in [9.17, 15) is 13.2 Å². The molecule has 0 spiro atoms. The molecule has 8 heteroatoms. The van der Waals surface area contributed by atoms with E-state index in [0.29, 0.717) is 23.5 Å². The fourth-order valence-corrected chi connectivity index (χ4v) is 4.49. The molecule has 0 fully saturated rings. The summed E-state index contributed by atoms with van der Waals surface area (Å²) in [6, 6.07) is 16.5. The molecule has 0 bridgehead atoms. The summed E-state index contributed by atoms with van der Waals surface area (Å²) in [5.74, 6) is -0.664. The van der Waals surface area contributed by atoms with Crippen LogP contribution in [0.4, 0.5) is 0 Å². The van der Waals surface area contributed by atoms with Gasteiger partial charge in [-0.3, -0.25) is 4.68 Å². The van der Waals surface area contributed by atoms with Crippen LogP contribution in [-0.2, 0) is 26.1 Å². The van der Waals surface area contributed by atoms with Gasteiger partial charge in [0.1, 0.15) is 6.04 Å². The summed E-state index contributed by atoms with van der Waals surface area (Å²) in [5.41, 5.74) is 2.82. The van der Waals surface area contributed by atoms with Crippen LogP contribution in [-0.4, -0.2) is 30.8 Å². The number of hydrogen-bond donors (Lipinski definition) is 1. The van der Waals surface area contributed by atoms with Crippen molar-refractivity contribution in [3.05, 3.63) is 83.2 Å². The molecule has 3 rings (SSSR count). The van der Waals surface area contributed by atoms with Gasteiger partial charge in [0, 0.05) is 11.3 Å². The summed E-state index contributed by atoms with van der Waals surface area (Å²) in [4.78, 5) is 12.8. The Bertz CT molecular complexity index is 1110. The summed E-state index contributed by atoms with van der Waals surface area (Å²) in [7, 11) is -3.94. The molecule has 0 aliphatic heterocycles. The van der Waals surface area contributed by atoms with Gasteiger partial charge >= 0.3 is 5.97 Å². The molecule has 7 nitrogen and oxygen atoms in total. The van der Waals surface area contributed by atoms with Gasteiger partial charge in [-0.2, -0.15) is 9.82 Å². The lowest BCUT2D eigenvalue weighted by Crippen LogP contribution is -2.35. The number of esters is 1. The number of aromatic nitrogens is 2. The lowest BCUT2D eigenvalue weighted by molar-refractivity contribution is -0.145. The van der Waals surface area contributed by atoms with Gasteiger partial charge in [-0.15, -0.1) is 0 Å². The molecular weight excluding hydrogens is 402 g/mol. The molecule has 0 amide bonds. The van der Waals surface area contributed by atoms with E-state index in [-0.39, 0.29) is 11.5 Å². The molecule has 0 radical (unpaired) electrons. The zero-order valence-electron chi connectivity index (χ0n) is 17.2. The highest BCUT2D eigenvalue weighted by Crippen LogP contribution is 2.26. The second-order valence-electron chi connectivity index (χ2n) is 6.85. The second kappa shape index (κ2) is 9.23. The Hall–Kier alpha value is -2.97. The monoisotopic (exact) mass is 427 g/mol. The van der Waals surface area contributed by atoms with E-state index in [1.807, 2.05) is 37.3 Å². The minimum Gasteiger partial charge on any atom is -0.465 e. The fourth-order valence-electron chi connectivity index (χ4n) is 3.31. The quantitative estimate of drug-likeness (QED) is 0.558. The van der Waals surface area contributed by atoms with Crippen LogP contribution in [0.25, 0.3) is 0 Å². The first-order chi connectivity index (χ1) is 14.3. The van der Waals surface area contributed by atoms with E-state index in [1.165, 1.54) is 12.1 Å². The first-order valence-corrected chi connectivity index (χ1v) is 11.1. The van der Waals surface area contributed by atoms with Gasteiger partial charge in [-0.05, 0) is 38.5 Å². The van der Waals surface area contributed by atoms with E-state index >= 15 is 0 Å². The van der Waals surface area contributed by atoms with Crippen LogP contribution in [0.15, 0.2) is 65.6 Å². The number of carbonyl (C=O) groups excluding carboxylic acids is 1. The average molecular weight is 428 g/mol. The van der Waals surface area contributed by atoms with Crippen LogP contribution >= 0.6 is 0 Å². The summed E-state index contributed by atoms with van der Waals surface area (Å²) in [6.07, 6.45) is 0. The van der Waals surface area contributed by atoms with Gasteiger partial charge in [0.2, 0.25) is 10.0 Å². The third kappa shape index (κ3) is 4.77. The molecule has 2 aromatic carbocycles. The highest BCUT2D eigenvalue weighted by Gasteiger charge is 2.33. The topological polar surface area (TPSA) is 90.3 Å². The number of aryl methyl sites for hydroxylation is 1. The SMILES string of the molecule is CCOC(=O)[C@H](NS(=O)(=O)c1ccccc1)c1c(C)nn(Cc2ccccc2)c1C. The van der Waals surface area contributed by atoms with Gasteiger partial charge in [0.05, 0.1) is 23.7 Å². The van der Waals surface area contributed by atoms with E-state index < -0.39 is 22.0 Å². The number of sulfonamides is 1. The van der Waals surface area contributed by atoms with Crippen LogP contribution < -0.4 is 4.72 Å². The van der Waals surface area contributed by atoms with E-state index in [1.54, 1.807) is 36.7 Å². The summed E-state index contributed by atoms with van der Waals surface area (Å²) in [5, 5.41) is 4.55. The molecule has 3 aromatic rings. The molecule has 1 aromatic heterocycles. The van der Waals surface area contributed by atoms with Crippen molar-refractivity contribution in [2.75, 3.05) is 6.61 Å². The van der Waals surface area contributed by atoms with Crippen LogP contribution in [0.3, 0.4) is 0 Å². The second-order valence-corrected chi connectivity index (χ2v) is 8.56. The minimum atomic E-state index is -3.94. The summed E-state index contributed by atoms with van der Waals surface area (Å²) >= 11 is 0. The van der Waals surface area contributed by atoms with Gasteiger partial charge in [-0.1, -0.05) is 48.5 Å². The maximum Gasteiger partial charge on any atom is 0.328 e. The molecule has 1 N–H and O–H groups in total. The molecule has 0 saturated heterocycles. The minimum absolute atomic E-state index is 0.0753. The zero-order valence-corrected chi connectivity index (χ0v) is 18.0. The average Bonchev–Trinajstić information content (AvgIpc) is 3.01. The summed E-state index contributed by atoms with van der Waals surface area (Å²) in [6.45, 7) is 5.90. The molecule has 30 heavy (non-hydrogen) atoms. The molecule has 1 heterocycles. The van der Waals surface area contributed by atoms with Crippen molar-refractivity contribution in [3.63, 3.8) is 0 Å². The van der Waals surface area contributed by atoms with Crippen molar-refractivity contribution >= 4 is 16.0 Å². The highest BCUT2D eigenvalue weighted by molar-refractivity contribution is 7.89. The van der Waals surface area contributed by atoms with E-state index in [2.05, 4.69) is 9.82 Å². The Labute approximate surface area is 176 Å². The van der Waals surface area contributed by atoms with Crippen molar-refractivity contribution in [1.29, 1.82) is 0 Å². The van der Waals surface area contributed by atoms with E-state index in [4.69, 9.17) is 4.74 Å². The number of nitrogens with zero attached hydrogens (tertiary/aromatic N) is 2. The molecule has 0 aliphatic rings. The Morgan fingerprint density at radius 3 is 2.27 bits per heavy atom. The lowest BCUT2D eigenvalue weighted by atomic mass is 10.1. The third-order valence-electron chi connectivity index (χ3n) is 4.75. The van der Waals surface area contributed by atoms with Gasteiger partial charge in [0.15, 0.2) is 0 Å². The highest BCUT2D eigenvalue weighted by atomic mass is 32.2. The molecular formula is C22H25N3O4S. The predicted octanol–water partition coefficient (Wildman–Crippen LogP) is 3.13. The number of rotatable bonds is 8. The van der Waals surface area contributed by atoms with Crippen molar-refractivity contribution in [2.45, 2.75) is 38.3 Å². The Balaban J connectivity index is 1.99. The molecule has 0 unspecified atom stereocenters. The molecule has 158 valence electrons. The number of nitrogens with one attached hydrogen (secondary N) is 1. The fraction of sp³-hybridized carbons (Fsp3) is 0.273. The number of ether oxygens (including phenoxy) is 1. The Morgan fingerprint density at radius 1 is 1.07 bits per heavy atom. The first-order valence-electron chi connectivity index (χ1n) is 9.65. The number of hydrogen-bond acceptors (Lipinski definition) is 5. The lowest BCUT2D eigenvalue weighted by Gasteiger charge is -2.18. The van der Waals surface area contributed by atoms with Gasteiger partial charge in [0.25, 0.3) is 0 Å². The van der Waals surface area contributed by atoms with Crippen LogP contribution in [0.2, 0.25) is 0 Å². The van der Waals surface area contributed by atoms with E-state index in [0.717, 1.165) is 5.56 Å². The van der Waals surface area contributed by atoms with Crippen molar-refractivity contribution in [3.8, 4) is 0 Å². The van der Waals surface area contributed by atoms with Crippen molar-refractivity contribution in [2.24, 2.45) is 0 Å². The first kappa shape index (κ1) is 21.7. The van der Waals surface area contributed by atoms with Gasteiger partial charge < -0.3 is 4.74 Å². The van der Waals surface area contributed by atoms with Crippen LogP contribution in [0.1, 0.15) is 35.5 Å². The normalized spacial score (nSPS) is 12.5. The predicted molar refractivity (Wildman–Crippen MR) is 113 cm³/mol. The largest absolute Gasteiger partial charge is 0.465 e. The molecule has 0 aliphatic carbocycles. The van der Waals surface area contributed by atoms with Gasteiger partial charge in [-0.25, -0.2) is 13.2 Å². The standard InChI is InChI=1S/C22H25N3O4S/c1-4-29-22(26)21(24-30(27,28)19-13-9-6-10-14-19)20-16(2)23-25(17(20)3)15-18-11-7-5-8-12-18/h5-14,21,24H,4,15H2,1-3H3/t21-/m1/s1. The van der Waals surface area contributed by atoms with Crippen molar-refractivity contribution < 1.29 is 17.9 Å². The van der Waals surface area contributed by atoms with Crippen molar-refractivity contribution in [1.82, 2.24) is 14.5 Å². The number of benzene rings is 2. The molecule has 1 atom stereocenters. The maximum absolute atomic E-state index is 12.9. The molecule has 0 saturated carbocycles. The third-order valence-corrected chi connectivity index (χ3v) is 6.19. The van der Waals surface area contributed by atoms with Crippen LogP contribution in [0.5, 0.6) is 0 Å². The Kier molecular flexibility index (Phi) is 6.69. The maximum atomic E-state index is 12.9. The summed E-state index contributed by atoms with van der Waals surface area (Å²) < 4.78 is 35.3. The zero-order chi connectivity index (χ0) is 21.7.